The molecule has 2 rings (SSSR count). The summed E-state index contributed by atoms with van der Waals surface area (Å²) in [7, 11) is 0. The topological polar surface area (TPSA) is 99.2 Å². The molecule has 1 saturated carbocycles. The van der Waals surface area contributed by atoms with Crippen molar-refractivity contribution in [2.24, 2.45) is 11.7 Å². The molecule has 0 aromatic heterocycles. The van der Waals surface area contributed by atoms with Crippen LogP contribution in [-0.2, 0) is 9.59 Å². The van der Waals surface area contributed by atoms with E-state index in [1.807, 2.05) is 0 Å². The second kappa shape index (κ2) is 9.91. The number of nitrogens with two attached hydrogens (primary N) is 1. The SMILES string of the molecule is CCC1CC(C#N)(NC(=O)[CH]CC2CCCCC2)CCN1CCC(N)=O. The molecule has 3 N–H and O–H groups in total. The fraction of sp³-hybridized carbons (Fsp3) is 0.800. The lowest BCUT2D eigenvalue weighted by Crippen LogP contribution is -2.58. The van der Waals surface area contributed by atoms with Crippen molar-refractivity contribution in [3.8, 4) is 6.07 Å². The van der Waals surface area contributed by atoms with E-state index in [2.05, 4.69) is 23.2 Å². The zero-order chi connectivity index (χ0) is 19.0. The number of nitriles is 1. The van der Waals surface area contributed by atoms with Crippen molar-refractivity contribution in [3.05, 3.63) is 6.42 Å². The van der Waals surface area contributed by atoms with Crippen LogP contribution in [0, 0.1) is 23.7 Å². The summed E-state index contributed by atoms with van der Waals surface area (Å²) in [6, 6.07) is 2.55. The number of nitrogens with zero attached hydrogens (tertiary/aromatic N) is 2. The highest BCUT2D eigenvalue weighted by molar-refractivity contribution is 5.85. The highest BCUT2D eigenvalue weighted by atomic mass is 16.2. The van der Waals surface area contributed by atoms with Gasteiger partial charge in [-0.25, -0.2) is 0 Å². The normalized spacial score (nSPS) is 27.6. The van der Waals surface area contributed by atoms with Gasteiger partial charge in [0.1, 0.15) is 5.54 Å². The fourth-order valence-corrected chi connectivity index (χ4v) is 4.33. The van der Waals surface area contributed by atoms with Crippen LogP contribution in [0.25, 0.3) is 0 Å². The molecular weight excluding hydrogens is 328 g/mol. The third-order valence-electron chi connectivity index (χ3n) is 5.98. The molecule has 2 unspecified atom stereocenters. The molecule has 26 heavy (non-hydrogen) atoms. The van der Waals surface area contributed by atoms with Crippen LogP contribution in [0.4, 0.5) is 0 Å². The summed E-state index contributed by atoms with van der Waals surface area (Å²) in [6.07, 6.45) is 11.2. The van der Waals surface area contributed by atoms with Gasteiger partial charge in [0.25, 0.3) is 0 Å². The molecule has 2 aliphatic rings. The third kappa shape index (κ3) is 5.98. The van der Waals surface area contributed by atoms with E-state index in [1.165, 1.54) is 32.1 Å². The number of amides is 2. The zero-order valence-electron chi connectivity index (χ0n) is 16.0. The van der Waals surface area contributed by atoms with Gasteiger partial charge < -0.3 is 11.1 Å². The van der Waals surface area contributed by atoms with Gasteiger partial charge in [-0.05, 0) is 31.6 Å². The summed E-state index contributed by atoms with van der Waals surface area (Å²) in [6.45, 7) is 3.39. The molecule has 1 saturated heterocycles. The van der Waals surface area contributed by atoms with Crippen LogP contribution in [0.3, 0.4) is 0 Å². The molecule has 0 bridgehead atoms. The van der Waals surface area contributed by atoms with E-state index in [0.29, 0.717) is 38.3 Å². The molecule has 0 spiro atoms. The van der Waals surface area contributed by atoms with Crippen molar-refractivity contribution < 1.29 is 9.59 Å². The summed E-state index contributed by atoms with van der Waals surface area (Å²) in [5, 5.41) is 12.8. The van der Waals surface area contributed by atoms with Gasteiger partial charge in [0.15, 0.2) is 0 Å². The van der Waals surface area contributed by atoms with E-state index in [-0.39, 0.29) is 17.9 Å². The van der Waals surface area contributed by atoms with Crippen LogP contribution < -0.4 is 11.1 Å². The van der Waals surface area contributed by atoms with Crippen molar-refractivity contribution in [3.63, 3.8) is 0 Å². The van der Waals surface area contributed by atoms with Crippen molar-refractivity contribution in [1.29, 1.82) is 5.26 Å². The maximum atomic E-state index is 12.4. The number of nitrogens with one attached hydrogen (secondary N) is 1. The number of hydrogen-bond acceptors (Lipinski definition) is 4. The Kier molecular flexibility index (Phi) is 7.89. The minimum absolute atomic E-state index is 0.113. The number of carbonyl (C=O) groups excluding carboxylic acids is 2. The van der Waals surface area contributed by atoms with E-state index in [9.17, 15) is 14.9 Å². The van der Waals surface area contributed by atoms with Crippen LogP contribution >= 0.6 is 0 Å². The Morgan fingerprint density at radius 3 is 2.69 bits per heavy atom. The third-order valence-corrected chi connectivity index (χ3v) is 5.98. The first-order valence-electron chi connectivity index (χ1n) is 10.1. The van der Waals surface area contributed by atoms with Gasteiger partial charge in [-0.3, -0.25) is 14.5 Å². The lowest BCUT2D eigenvalue weighted by atomic mass is 9.82. The second-order valence-corrected chi connectivity index (χ2v) is 7.90. The Morgan fingerprint density at radius 2 is 2.08 bits per heavy atom. The van der Waals surface area contributed by atoms with Gasteiger partial charge in [-0.2, -0.15) is 5.26 Å². The maximum absolute atomic E-state index is 12.4. The van der Waals surface area contributed by atoms with Crippen LogP contribution in [0.2, 0.25) is 0 Å². The van der Waals surface area contributed by atoms with Gasteiger partial charge in [-0.15, -0.1) is 0 Å². The summed E-state index contributed by atoms with van der Waals surface area (Å²) in [4.78, 5) is 25.7. The first kappa shape index (κ1) is 20.7. The van der Waals surface area contributed by atoms with Crippen LogP contribution in [0.5, 0.6) is 0 Å². The first-order valence-corrected chi connectivity index (χ1v) is 10.1. The minimum atomic E-state index is -0.802. The standard InChI is InChI=1S/C20H33N4O2/c1-2-17-14-20(15-21,11-13-24(17)12-10-18(22)25)23-19(26)9-8-16-6-4-3-5-7-16/h9,16-17H,2-8,10-14H2,1H3,(H2,22,25)(H,23,26). The maximum Gasteiger partial charge on any atom is 0.225 e. The highest BCUT2D eigenvalue weighted by Crippen LogP contribution is 2.30. The summed E-state index contributed by atoms with van der Waals surface area (Å²) in [5.41, 5.74) is 4.46. The fourth-order valence-electron chi connectivity index (χ4n) is 4.33. The smallest absolute Gasteiger partial charge is 0.225 e. The summed E-state index contributed by atoms with van der Waals surface area (Å²) < 4.78 is 0. The predicted molar refractivity (Wildman–Crippen MR) is 101 cm³/mol. The quantitative estimate of drug-likeness (QED) is 0.693. The molecule has 0 aromatic carbocycles. The van der Waals surface area contributed by atoms with Crippen molar-refractivity contribution in [1.82, 2.24) is 10.2 Å². The number of carbonyl (C=O) groups is 2. The molecule has 0 aromatic rings. The van der Waals surface area contributed by atoms with Gasteiger partial charge in [-0.1, -0.05) is 39.0 Å². The van der Waals surface area contributed by atoms with Crippen LogP contribution in [-0.4, -0.2) is 41.4 Å². The van der Waals surface area contributed by atoms with Crippen LogP contribution in [0.1, 0.15) is 71.1 Å². The largest absolute Gasteiger partial charge is 0.370 e. The molecule has 1 aliphatic heterocycles. The molecule has 2 fully saturated rings. The van der Waals surface area contributed by atoms with Crippen molar-refractivity contribution in [2.75, 3.05) is 13.1 Å². The number of piperidine rings is 1. The zero-order valence-corrected chi connectivity index (χ0v) is 16.0. The Labute approximate surface area is 157 Å². The average molecular weight is 362 g/mol. The van der Waals surface area contributed by atoms with E-state index in [0.717, 1.165) is 12.8 Å². The molecule has 145 valence electrons. The molecule has 2 amide bonds. The van der Waals surface area contributed by atoms with Gasteiger partial charge in [0, 0.05) is 32.0 Å². The molecule has 1 aliphatic carbocycles. The Hall–Kier alpha value is -1.61. The summed E-state index contributed by atoms with van der Waals surface area (Å²) >= 11 is 0. The number of hydrogen-bond donors (Lipinski definition) is 2. The molecule has 1 radical (unpaired) electrons. The van der Waals surface area contributed by atoms with E-state index < -0.39 is 5.54 Å². The van der Waals surface area contributed by atoms with Gasteiger partial charge in [0.2, 0.25) is 11.8 Å². The predicted octanol–water partition coefficient (Wildman–Crippen LogP) is 2.29. The lowest BCUT2D eigenvalue weighted by Gasteiger charge is -2.43. The molecule has 6 heteroatoms. The monoisotopic (exact) mass is 361 g/mol. The molecule has 6 nitrogen and oxygen atoms in total. The Morgan fingerprint density at radius 1 is 1.35 bits per heavy atom. The number of primary amides is 1. The van der Waals surface area contributed by atoms with Gasteiger partial charge >= 0.3 is 0 Å². The molecule has 2 atom stereocenters. The van der Waals surface area contributed by atoms with E-state index in [1.54, 1.807) is 6.42 Å². The first-order chi connectivity index (χ1) is 12.5. The molecular formula is C20H33N4O2. The second-order valence-electron chi connectivity index (χ2n) is 7.90. The molecule has 1 heterocycles. The van der Waals surface area contributed by atoms with Crippen LogP contribution in [0.15, 0.2) is 0 Å². The highest BCUT2D eigenvalue weighted by Gasteiger charge is 2.40. The van der Waals surface area contributed by atoms with Crippen molar-refractivity contribution >= 4 is 11.8 Å². The van der Waals surface area contributed by atoms with Crippen molar-refractivity contribution in [2.45, 2.75) is 82.7 Å². The average Bonchev–Trinajstić information content (AvgIpc) is 2.66. The summed E-state index contributed by atoms with van der Waals surface area (Å²) in [5.74, 6) is 0.201. The Balaban J connectivity index is 1.86. The lowest BCUT2D eigenvalue weighted by molar-refractivity contribution is -0.120. The van der Waals surface area contributed by atoms with E-state index >= 15 is 0 Å². The minimum Gasteiger partial charge on any atom is -0.370 e. The number of likely N-dealkylation sites (tertiary alicyclic amines) is 1. The number of rotatable bonds is 8. The Bertz CT molecular complexity index is 524. The van der Waals surface area contributed by atoms with Gasteiger partial charge in [0.05, 0.1) is 6.07 Å². The van der Waals surface area contributed by atoms with E-state index in [4.69, 9.17) is 5.73 Å².